The van der Waals surface area contributed by atoms with Gasteiger partial charge in [-0.05, 0) is 103 Å². The zero-order valence-corrected chi connectivity index (χ0v) is 29.0. The second kappa shape index (κ2) is 12.4. The van der Waals surface area contributed by atoms with Crippen LogP contribution in [-0.4, -0.2) is 14.1 Å². The van der Waals surface area contributed by atoms with Crippen LogP contribution in [0.2, 0.25) is 0 Å². The van der Waals surface area contributed by atoms with Crippen LogP contribution in [0.4, 0.5) is 5.69 Å². The van der Waals surface area contributed by atoms with Gasteiger partial charge in [0.25, 0.3) is 0 Å². The molecule has 0 amide bonds. The average Bonchev–Trinajstić information content (AvgIpc) is 3.09. The van der Waals surface area contributed by atoms with Gasteiger partial charge in [-0.25, -0.2) is 0 Å². The number of ether oxygens (including phenoxy) is 1. The van der Waals surface area contributed by atoms with E-state index in [9.17, 15) is 0 Å². The maximum absolute atomic E-state index is 7.55. The summed E-state index contributed by atoms with van der Waals surface area (Å²) in [7, 11) is 4.18. The van der Waals surface area contributed by atoms with E-state index in [-0.39, 0.29) is 5.41 Å². The Kier molecular flexibility index (Phi) is 8.25. The van der Waals surface area contributed by atoms with Gasteiger partial charge in [0, 0.05) is 36.3 Å². The van der Waals surface area contributed by atoms with Crippen LogP contribution in [0.1, 0.15) is 92.2 Å². The number of rotatable bonds is 6. The molecular weight excluding hydrogens is 571 g/mol. The summed E-state index contributed by atoms with van der Waals surface area (Å²) in [5, 5.41) is 0. The molecule has 1 aliphatic heterocycles. The molecule has 0 radical (unpaired) electrons. The number of hydrogen-bond donors (Lipinski definition) is 0. The van der Waals surface area contributed by atoms with E-state index in [1.165, 1.54) is 70.3 Å². The van der Waals surface area contributed by atoms with Crippen LogP contribution < -0.4 is 4.90 Å². The zero-order valence-electron chi connectivity index (χ0n) is 29.0. The van der Waals surface area contributed by atoms with Crippen molar-refractivity contribution in [1.29, 1.82) is 0 Å². The average molecular weight is 620 g/mol. The Morgan fingerprint density at radius 1 is 0.702 bits per heavy atom. The highest BCUT2D eigenvalue weighted by Gasteiger charge is 2.47. The molecule has 2 aliphatic carbocycles. The Labute approximate surface area is 282 Å². The second-order valence-corrected chi connectivity index (χ2v) is 14.7. The number of aryl methyl sites for hydroxylation is 1. The number of anilines is 1. The van der Waals surface area contributed by atoms with Crippen LogP contribution in [0.25, 0.3) is 11.1 Å². The smallest absolute Gasteiger partial charge is 0.177 e. The quantitative estimate of drug-likeness (QED) is 0.199. The lowest BCUT2D eigenvalue weighted by Gasteiger charge is -2.47. The van der Waals surface area contributed by atoms with Crippen molar-refractivity contribution in [3.8, 4) is 0 Å². The number of allylic oxidation sites excluding steroid dienone is 4. The maximum atomic E-state index is 7.55. The number of hydrogen-bond acceptors (Lipinski definition) is 2. The lowest BCUT2D eigenvalue weighted by molar-refractivity contribution is 0.0304. The molecule has 0 spiro atoms. The van der Waals surface area contributed by atoms with E-state index in [1.807, 2.05) is 0 Å². The lowest BCUT2D eigenvalue weighted by Crippen LogP contribution is -2.39. The van der Waals surface area contributed by atoms with Crippen LogP contribution in [0.5, 0.6) is 0 Å². The fraction of sp³-hybridized carbons (Fsp3) is 0.333. The summed E-state index contributed by atoms with van der Waals surface area (Å²) in [5.41, 5.74) is 12.0. The van der Waals surface area contributed by atoms with Gasteiger partial charge in [-0.3, -0.25) is 0 Å². The van der Waals surface area contributed by atoms with E-state index in [1.54, 1.807) is 0 Å². The third kappa shape index (κ3) is 5.46. The van der Waals surface area contributed by atoms with E-state index in [0.29, 0.717) is 11.8 Å². The van der Waals surface area contributed by atoms with Crippen molar-refractivity contribution in [1.82, 2.24) is 0 Å². The van der Waals surface area contributed by atoms with Crippen LogP contribution >= 0.6 is 0 Å². The van der Waals surface area contributed by atoms with Gasteiger partial charge in [0.1, 0.15) is 5.76 Å². The molecule has 1 heterocycles. The maximum Gasteiger partial charge on any atom is 0.177 e. The Morgan fingerprint density at radius 2 is 1.34 bits per heavy atom. The van der Waals surface area contributed by atoms with Gasteiger partial charge < -0.3 is 9.64 Å². The second-order valence-electron chi connectivity index (χ2n) is 14.7. The summed E-state index contributed by atoms with van der Waals surface area (Å²) in [4.78, 5) is 2.15. The topological polar surface area (TPSA) is 12.5 Å². The number of nitrogens with zero attached hydrogens (tertiary/aromatic N) is 1. The highest BCUT2D eigenvalue weighted by molar-refractivity contribution is 6.01. The molecule has 0 saturated heterocycles. The molecule has 7 rings (SSSR count). The molecule has 2 nitrogen and oxygen atoms in total. The molecule has 0 aromatic heterocycles. The van der Waals surface area contributed by atoms with Gasteiger partial charge in [-0.2, -0.15) is 0 Å². The van der Waals surface area contributed by atoms with Crippen molar-refractivity contribution >= 4 is 16.8 Å². The van der Waals surface area contributed by atoms with Crippen LogP contribution in [0.3, 0.4) is 0 Å². The third-order valence-corrected chi connectivity index (χ3v) is 11.3. The van der Waals surface area contributed by atoms with Crippen molar-refractivity contribution in [2.24, 2.45) is 11.3 Å². The molecule has 240 valence electrons. The Morgan fingerprint density at radius 3 is 2.04 bits per heavy atom. The molecule has 4 unspecified atom stereocenters. The molecule has 47 heavy (non-hydrogen) atoms. The summed E-state index contributed by atoms with van der Waals surface area (Å²) >= 11 is 0. The van der Waals surface area contributed by atoms with Crippen molar-refractivity contribution in [3.63, 3.8) is 0 Å². The van der Waals surface area contributed by atoms with E-state index >= 15 is 0 Å². The lowest BCUT2D eigenvalue weighted by atomic mass is 9.66. The molecule has 0 N–H and O–H groups in total. The first-order valence-electron chi connectivity index (χ1n) is 17.5. The Bertz CT molecular complexity index is 1860. The first-order valence-corrected chi connectivity index (χ1v) is 17.5. The van der Waals surface area contributed by atoms with E-state index < -0.39 is 5.60 Å². The largest absolute Gasteiger partial charge is 0.477 e. The highest BCUT2D eigenvalue weighted by Crippen LogP contribution is 2.57. The van der Waals surface area contributed by atoms with Crippen molar-refractivity contribution in [2.75, 3.05) is 19.0 Å². The SMILES string of the molecule is CC1=C2OC(c3ccccc3)(c3ccc(N(C)C)cc3)C=CC2(C)CC(c2ccccc2C2CCCCC2C)=C1c1ccccc1C. The molecule has 4 aromatic carbocycles. The Hall–Kier alpha value is -4.30. The van der Waals surface area contributed by atoms with Gasteiger partial charge >= 0.3 is 0 Å². The minimum absolute atomic E-state index is 0.279. The minimum Gasteiger partial charge on any atom is -0.477 e. The van der Waals surface area contributed by atoms with Crippen LogP contribution in [0.15, 0.2) is 127 Å². The van der Waals surface area contributed by atoms with Gasteiger partial charge in [-0.1, -0.05) is 123 Å². The van der Waals surface area contributed by atoms with Crippen molar-refractivity contribution < 1.29 is 4.74 Å². The molecular formula is C45H49NO. The summed E-state index contributed by atoms with van der Waals surface area (Å²) in [6.45, 7) is 9.41. The van der Waals surface area contributed by atoms with E-state index in [2.05, 4.69) is 162 Å². The molecule has 4 aromatic rings. The molecule has 2 heteroatoms. The highest BCUT2D eigenvalue weighted by atomic mass is 16.5. The predicted molar refractivity (Wildman–Crippen MR) is 198 cm³/mol. The van der Waals surface area contributed by atoms with E-state index in [0.717, 1.165) is 23.3 Å². The van der Waals surface area contributed by atoms with Gasteiger partial charge in [0.15, 0.2) is 5.60 Å². The standard InChI is InChI=1S/C45H49NO/c1-31-16-10-12-20-37(31)39-22-14-15-23-40(39)41-30-44(4)28-29-45(34-18-8-7-9-19-34,35-24-26-36(27-25-35)46(5)6)47-43(44)33(3)42(41)38-21-13-11-17-32(38)2/h7-9,11,13-15,17-19,21-29,31,37H,10,12,16,20,30H2,1-6H3. The normalized spacial score (nSPS) is 25.7. The fourth-order valence-electron chi connectivity index (χ4n) is 8.62. The molecule has 3 aliphatic rings. The first kappa shape index (κ1) is 31.3. The molecule has 0 bridgehead atoms. The summed E-state index contributed by atoms with van der Waals surface area (Å²) in [6, 6.07) is 37.9. The van der Waals surface area contributed by atoms with Gasteiger partial charge in [0.05, 0.1) is 0 Å². The van der Waals surface area contributed by atoms with Crippen molar-refractivity contribution in [3.05, 3.63) is 160 Å². The Balaban J connectivity index is 1.46. The molecule has 1 saturated carbocycles. The monoisotopic (exact) mass is 619 g/mol. The van der Waals surface area contributed by atoms with Gasteiger partial charge in [-0.15, -0.1) is 0 Å². The summed E-state index contributed by atoms with van der Waals surface area (Å²) < 4.78 is 7.55. The third-order valence-electron chi connectivity index (χ3n) is 11.3. The summed E-state index contributed by atoms with van der Waals surface area (Å²) in [6.07, 6.45) is 11.0. The fourth-order valence-corrected chi connectivity index (χ4v) is 8.62. The van der Waals surface area contributed by atoms with Crippen molar-refractivity contribution in [2.45, 2.75) is 71.3 Å². The number of benzene rings is 4. The van der Waals surface area contributed by atoms with Crippen LogP contribution in [-0.2, 0) is 10.3 Å². The predicted octanol–water partition coefficient (Wildman–Crippen LogP) is 11.5. The molecule has 1 fully saturated rings. The minimum atomic E-state index is -0.730. The van der Waals surface area contributed by atoms with Gasteiger partial charge in [0.2, 0.25) is 0 Å². The van der Waals surface area contributed by atoms with Crippen LogP contribution in [0, 0.1) is 18.3 Å². The summed E-state index contributed by atoms with van der Waals surface area (Å²) in [5.74, 6) is 2.37. The van der Waals surface area contributed by atoms with E-state index in [4.69, 9.17) is 4.74 Å². The zero-order chi connectivity index (χ0) is 32.8. The first-order chi connectivity index (χ1) is 22.7. The number of fused-ring (bicyclic) bond motifs is 1. The molecule has 4 atom stereocenters.